The van der Waals surface area contributed by atoms with E-state index in [0.717, 1.165) is 54.5 Å². The minimum Gasteiger partial charge on any atom is -0.391 e. The first-order chi connectivity index (χ1) is 37.4. The van der Waals surface area contributed by atoms with E-state index in [0.29, 0.717) is 27.9 Å². The quantitative estimate of drug-likeness (QED) is 0.118. The number of benzene rings is 2. The van der Waals surface area contributed by atoms with Gasteiger partial charge in [0.15, 0.2) is 5.82 Å². The summed E-state index contributed by atoms with van der Waals surface area (Å²) in [6, 6.07) is 6.16. The number of aliphatic hydroxyl groups is 1. The molecule has 0 bridgehead atoms. The fourth-order valence-electron chi connectivity index (χ4n) is 9.54. The second-order valence-corrected chi connectivity index (χ2v) is 24.3. The Labute approximate surface area is 473 Å². The molecular weight excluding hydrogens is 1090 g/mol. The van der Waals surface area contributed by atoms with Gasteiger partial charge in [-0.3, -0.25) is 47.9 Å². The summed E-state index contributed by atoms with van der Waals surface area (Å²) < 4.78 is 1.89. The molecule has 0 saturated carbocycles. The van der Waals surface area contributed by atoms with E-state index in [1.165, 1.54) is 28.2 Å². The third-order valence-corrected chi connectivity index (χ3v) is 17.4. The van der Waals surface area contributed by atoms with Gasteiger partial charge in [0, 0.05) is 53.3 Å². The lowest BCUT2D eigenvalue weighted by Crippen LogP contribution is -2.58. The van der Waals surface area contributed by atoms with Gasteiger partial charge in [0.05, 0.1) is 46.6 Å². The summed E-state index contributed by atoms with van der Waals surface area (Å²) in [6.07, 6.45) is -1.57. The van der Waals surface area contributed by atoms with Crippen LogP contribution in [0.3, 0.4) is 0 Å². The highest BCUT2D eigenvalue weighted by Gasteiger charge is 2.46. The molecule has 8 rings (SSSR count). The maximum atomic E-state index is 14.5. The Hall–Kier alpha value is -7.06. The van der Waals surface area contributed by atoms with E-state index in [-0.39, 0.29) is 30.9 Å². The molecule has 22 nitrogen and oxygen atoms in total. The first-order valence-electron chi connectivity index (χ1n) is 25.3. The van der Waals surface area contributed by atoms with E-state index >= 15 is 0 Å². The van der Waals surface area contributed by atoms with Gasteiger partial charge in [0.2, 0.25) is 47.3 Å². The van der Waals surface area contributed by atoms with Crippen molar-refractivity contribution in [3.05, 3.63) is 104 Å². The molecule has 8 N–H and O–H groups in total. The molecule has 2 saturated heterocycles. The third-order valence-electron chi connectivity index (χ3n) is 13.9. The van der Waals surface area contributed by atoms with Crippen molar-refractivity contribution in [2.75, 3.05) is 38.2 Å². The van der Waals surface area contributed by atoms with Gasteiger partial charge in [-0.15, -0.1) is 44.6 Å². The second kappa shape index (κ2) is 24.1. The number of rotatable bonds is 8. The Kier molecular flexibility index (Phi) is 17.7. The first-order valence-corrected chi connectivity index (χ1v) is 28.6. The van der Waals surface area contributed by atoms with Crippen molar-refractivity contribution < 1.29 is 43.5 Å². The van der Waals surface area contributed by atoms with Gasteiger partial charge in [-0.25, -0.2) is 4.98 Å². The van der Waals surface area contributed by atoms with Gasteiger partial charge in [-0.05, 0) is 61.9 Å². The predicted molar refractivity (Wildman–Crippen MR) is 300 cm³/mol. The Morgan fingerprint density at radius 3 is 2.24 bits per heavy atom. The van der Waals surface area contributed by atoms with Gasteiger partial charge < -0.3 is 47.2 Å². The summed E-state index contributed by atoms with van der Waals surface area (Å²) in [5, 5.41) is 34.3. The number of aliphatic hydroxyl groups excluding tert-OH is 1. The summed E-state index contributed by atoms with van der Waals surface area (Å²) in [6.45, 7) is 11.4. The van der Waals surface area contributed by atoms with Crippen molar-refractivity contribution in [2.24, 2.45) is 16.1 Å². The number of carbonyl (C=O) groups is 8. The van der Waals surface area contributed by atoms with Crippen LogP contribution in [0.15, 0.2) is 59.0 Å². The number of nitrogens with two attached hydrogens (primary N) is 1. The molecular formula is C53H62ClN13O9S3. The standard InChI is InChI=1S/C53H62ClN13O9S3/c1-25-27(3)79-52-41(25)42(29-13-15-32(54)16-14-29)59-34(47-64-63-28(4)67(47)52)18-40(71)65(8)21-35-48(73)60-36(46(55)72)22-77-23-39(70)61-45(53(5,6)7)51(76)66-20-33(68)17-37(66)49(74)62-43(50(75)56-19-38(69)58-35)30-9-11-31(12-10-30)44-26(2)57-24-78-44/h9-16,24,33-37,43,45,68H,17-23H2,1-8H3,(H2,55,72)(H,56,75)(H,58,69)(H,60,73)(H,61,70)(H,62,74)/t33-,34+,35-,36-,37+,43-,45-/m1/s1. The number of hydrogen-bond donors (Lipinski definition) is 7. The molecule has 3 aliphatic rings. The maximum absolute atomic E-state index is 14.5. The summed E-state index contributed by atoms with van der Waals surface area (Å²) in [5.41, 5.74) is 11.7. The van der Waals surface area contributed by atoms with E-state index in [1.807, 2.05) is 37.5 Å². The van der Waals surface area contributed by atoms with E-state index in [9.17, 15) is 43.5 Å². The predicted octanol–water partition coefficient (Wildman–Crippen LogP) is 2.75. The van der Waals surface area contributed by atoms with Gasteiger partial charge in [-0.1, -0.05) is 68.8 Å². The summed E-state index contributed by atoms with van der Waals surface area (Å²) in [5.74, 6) is -5.77. The largest absolute Gasteiger partial charge is 0.391 e. The molecule has 79 heavy (non-hydrogen) atoms. The van der Waals surface area contributed by atoms with Crippen molar-refractivity contribution in [3.63, 3.8) is 0 Å². The van der Waals surface area contributed by atoms with Crippen LogP contribution in [0.1, 0.15) is 90.2 Å². The number of thioether (sulfide) groups is 1. The molecule has 0 spiro atoms. The number of aromatic nitrogens is 4. The highest BCUT2D eigenvalue weighted by atomic mass is 35.5. The fourth-order valence-corrected chi connectivity index (χ4v) is 12.6. The van der Waals surface area contributed by atoms with Crippen LogP contribution in [-0.4, -0.2) is 156 Å². The van der Waals surface area contributed by atoms with Crippen LogP contribution in [0.4, 0.5) is 0 Å². The van der Waals surface area contributed by atoms with Crippen molar-refractivity contribution in [1.29, 1.82) is 0 Å². The van der Waals surface area contributed by atoms with E-state index in [1.54, 1.807) is 80.9 Å². The number of fused-ring (bicyclic) bond motifs is 4. The zero-order chi connectivity index (χ0) is 57.2. The Bertz CT molecular complexity index is 3230. The normalized spacial score (nSPS) is 22.8. The summed E-state index contributed by atoms with van der Waals surface area (Å²) in [4.78, 5) is 126. The first kappa shape index (κ1) is 58.1. The number of thiophene rings is 1. The number of likely N-dealkylation sites (N-methyl/N-ethyl adjacent to an activating group) is 1. The van der Waals surface area contributed by atoms with Gasteiger partial charge in [0.1, 0.15) is 47.1 Å². The molecule has 5 aromatic rings. The highest BCUT2D eigenvalue weighted by molar-refractivity contribution is 8.00. The number of aliphatic imine (C=N–C) groups is 1. The minimum atomic E-state index is -1.56. The number of thiazole rings is 1. The van der Waals surface area contributed by atoms with Crippen molar-refractivity contribution in [1.82, 2.24) is 56.1 Å². The van der Waals surface area contributed by atoms with E-state index in [4.69, 9.17) is 22.3 Å². The van der Waals surface area contributed by atoms with Crippen LogP contribution in [0.2, 0.25) is 5.02 Å². The van der Waals surface area contributed by atoms with Crippen LogP contribution in [-0.2, 0) is 38.4 Å². The molecule has 2 aromatic carbocycles. The number of aryl methyl sites for hydroxylation is 3. The SMILES string of the molecule is Cc1ncsc1-c1ccc([C@H]2NC(=O)[C@@H]3C[C@@H](O)CN3C(=O)[C@H](C(C)(C)C)NC(=O)CSC[C@H](C(N)=O)NC(=O)[C@@H](CN(C)C(=O)C[C@@H]3N=C(c4ccc(Cl)cc4)c4c(sc(C)c4C)-n4c(C)nnc43)NC(=O)CNC2=O)cc1. The summed E-state index contributed by atoms with van der Waals surface area (Å²) >= 11 is 10.2. The smallest absolute Gasteiger partial charge is 0.247 e. The van der Waals surface area contributed by atoms with Gasteiger partial charge in [-0.2, -0.15) is 0 Å². The molecule has 418 valence electrons. The summed E-state index contributed by atoms with van der Waals surface area (Å²) in [7, 11) is 1.43. The zero-order valence-electron chi connectivity index (χ0n) is 44.7. The molecule has 26 heteroatoms. The molecule has 3 aromatic heterocycles. The van der Waals surface area contributed by atoms with Crippen LogP contribution >= 0.6 is 46.0 Å². The maximum Gasteiger partial charge on any atom is 0.247 e. The molecule has 6 heterocycles. The van der Waals surface area contributed by atoms with E-state index in [2.05, 4.69) is 41.8 Å². The third kappa shape index (κ3) is 13.0. The monoisotopic (exact) mass is 1160 g/mol. The topological polar surface area (TPSA) is 305 Å². The number of nitrogens with zero attached hydrogens (tertiary/aromatic N) is 7. The lowest BCUT2D eigenvalue weighted by molar-refractivity contribution is -0.144. The van der Waals surface area contributed by atoms with Crippen LogP contribution in [0, 0.1) is 33.1 Å². The van der Waals surface area contributed by atoms with Gasteiger partial charge >= 0.3 is 0 Å². The molecule has 3 aliphatic heterocycles. The Morgan fingerprint density at radius 2 is 1.58 bits per heavy atom. The number of hydrogen-bond acceptors (Lipinski definition) is 16. The zero-order valence-corrected chi connectivity index (χ0v) is 47.9. The number of amides is 8. The Morgan fingerprint density at radius 1 is 0.886 bits per heavy atom. The molecule has 0 unspecified atom stereocenters. The number of nitrogens with one attached hydrogen (secondary N) is 5. The number of halogens is 1. The van der Waals surface area contributed by atoms with Crippen LogP contribution in [0.25, 0.3) is 15.4 Å². The Balaban J connectivity index is 1.09. The van der Waals surface area contributed by atoms with Crippen molar-refractivity contribution >= 4 is 99.0 Å². The minimum absolute atomic E-state index is 0.179. The number of primary amides is 1. The van der Waals surface area contributed by atoms with Crippen molar-refractivity contribution in [3.8, 4) is 15.4 Å². The highest BCUT2D eigenvalue weighted by Crippen LogP contribution is 2.40. The van der Waals surface area contributed by atoms with Crippen LogP contribution in [0.5, 0.6) is 0 Å². The van der Waals surface area contributed by atoms with Crippen molar-refractivity contribution in [2.45, 2.75) is 104 Å². The molecule has 0 aliphatic carbocycles. The average Bonchev–Trinajstić information content (AvgIpc) is 4.23. The lowest BCUT2D eigenvalue weighted by atomic mass is 9.85. The average molecular weight is 1160 g/mol. The molecule has 7 atom stereocenters. The number of carbonyl (C=O) groups excluding carboxylic acids is 8. The van der Waals surface area contributed by atoms with E-state index < -0.39 is 108 Å². The molecule has 0 radical (unpaired) electrons. The van der Waals surface area contributed by atoms with Gasteiger partial charge in [0.25, 0.3) is 0 Å². The fraction of sp³-hybridized carbons (Fsp3) is 0.434. The van der Waals surface area contributed by atoms with Crippen LogP contribution < -0.4 is 32.3 Å². The second-order valence-electron chi connectivity index (χ2n) is 20.8. The molecule has 2 fully saturated rings. The lowest BCUT2D eigenvalue weighted by Gasteiger charge is -2.35. The molecule has 8 amide bonds.